The molecular weight excluding hydrogens is 474 g/mol. The maximum Gasteiger partial charge on any atom is 0.134 e. The summed E-state index contributed by atoms with van der Waals surface area (Å²) in [7, 11) is 0. The van der Waals surface area contributed by atoms with Crippen molar-refractivity contribution < 1.29 is 4.74 Å². The minimum absolute atomic E-state index is 0.103. The van der Waals surface area contributed by atoms with Crippen LogP contribution in [0.1, 0.15) is 90.1 Å². The van der Waals surface area contributed by atoms with Gasteiger partial charge in [-0.05, 0) is 86.4 Å². The van der Waals surface area contributed by atoms with Gasteiger partial charge in [0.1, 0.15) is 11.5 Å². The first-order valence-electron chi connectivity index (χ1n) is 14.1. The summed E-state index contributed by atoms with van der Waals surface area (Å²) in [5.41, 5.74) is 18.3. The van der Waals surface area contributed by atoms with Gasteiger partial charge in [0, 0.05) is 22.4 Å². The Bertz CT molecular complexity index is 1520. The van der Waals surface area contributed by atoms with Gasteiger partial charge in [-0.1, -0.05) is 105 Å². The van der Waals surface area contributed by atoms with Gasteiger partial charge in [0.2, 0.25) is 0 Å². The monoisotopic (exact) mass is 517 g/mol. The molecule has 0 heterocycles. The molecule has 0 amide bonds. The minimum atomic E-state index is -0.123. The van der Waals surface area contributed by atoms with Crippen LogP contribution in [0.3, 0.4) is 0 Å². The fraction of sp³-hybridized carbons (Fsp3) is 0.351. The molecular formula is C37H43NO. The smallest absolute Gasteiger partial charge is 0.134 e. The van der Waals surface area contributed by atoms with Crippen LogP contribution in [0.4, 0.5) is 5.69 Å². The van der Waals surface area contributed by atoms with Crippen LogP contribution in [0.25, 0.3) is 22.3 Å². The Hall–Kier alpha value is -3.52. The first kappa shape index (κ1) is 27.1. The Kier molecular flexibility index (Phi) is 6.45. The summed E-state index contributed by atoms with van der Waals surface area (Å²) in [6.45, 7) is 20.3. The minimum Gasteiger partial charge on any atom is -0.456 e. The lowest BCUT2D eigenvalue weighted by Crippen LogP contribution is -2.20. The molecule has 0 saturated heterocycles. The molecule has 4 aromatic rings. The summed E-state index contributed by atoms with van der Waals surface area (Å²) in [5, 5.41) is 0. The van der Waals surface area contributed by atoms with Gasteiger partial charge >= 0.3 is 0 Å². The topological polar surface area (TPSA) is 35.2 Å². The quantitative estimate of drug-likeness (QED) is 0.242. The largest absolute Gasteiger partial charge is 0.456 e. The molecule has 2 nitrogen and oxygen atoms in total. The van der Waals surface area contributed by atoms with Crippen LogP contribution in [-0.4, -0.2) is 0 Å². The van der Waals surface area contributed by atoms with Crippen molar-refractivity contribution in [1.82, 2.24) is 0 Å². The van der Waals surface area contributed by atoms with E-state index in [1.165, 1.54) is 44.5 Å². The van der Waals surface area contributed by atoms with E-state index in [1.807, 2.05) is 12.1 Å². The van der Waals surface area contributed by atoms with Crippen molar-refractivity contribution in [3.63, 3.8) is 0 Å². The third-order valence-corrected chi connectivity index (χ3v) is 7.89. The van der Waals surface area contributed by atoms with Gasteiger partial charge in [0.25, 0.3) is 0 Å². The second kappa shape index (κ2) is 9.30. The zero-order chi connectivity index (χ0) is 28.3. The molecule has 0 radical (unpaired) electrons. The van der Waals surface area contributed by atoms with Crippen molar-refractivity contribution in [2.45, 2.75) is 85.0 Å². The van der Waals surface area contributed by atoms with Gasteiger partial charge in [-0.25, -0.2) is 0 Å². The van der Waals surface area contributed by atoms with E-state index in [4.69, 9.17) is 10.5 Å². The van der Waals surface area contributed by atoms with Gasteiger partial charge in [-0.15, -0.1) is 0 Å². The molecule has 39 heavy (non-hydrogen) atoms. The normalized spacial score (nSPS) is 13.3. The third kappa shape index (κ3) is 5.10. The molecule has 4 aromatic carbocycles. The summed E-state index contributed by atoms with van der Waals surface area (Å²) in [5.74, 6) is 1.83. The van der Waals surface area contributed by atoms with Crippen LogP contribution < -0.4 is 10.5 Å². The number of hydrogen-bond donors (Lipinski definition) is 1. The van der Waals surface area contributed by atoms with E-state index in [0.29, 0.717) is 0 Å². The van der Waals surface area contributed by atoms with Gasteiger partial charge in [0.15, 0.2) is 0 Å². The zero-order valence-electron chi connectivity index (χ0n) is 25.1. The van der Waals surface area contributed by atoms with Crippen molar-refractivity contribution in [1.29, 1.82) is 0 Å². The fourth-order valence-corrected chi connectivity index (χ4v) is 5.77. The number of fused-ring (bicyclic) bond motifs is 3. The lowest BCUT2D eigenvalue weighted by atomic mass is 9.77. The average molecular weight is 518 g/mol. The molecule has 0 unspecified atom stereocenters. The maximum atomic E-state index is 6.98. The molecule has 0 bridgehead atoms. The number of nitrogen functional groups attached to an aromatic ring is 1. The van der Waals surface area contributed by atoms with E-state index >= 15 is 0 Å². The first-order valence-corrected chi connectivity index (χ1v) is 14.1. The molecule has 0 fully saturated rings. The summed E-state index contributed by atoms with van der Waals surface area (Å²) in [4.78, 5) is 0. The highest BCUT2D eigenvalue weighted by Crippen LogP contribution is 2.48. The number of nitrogens with two attached hydrogens (primary N) is 1. The lowest BCUT2D eigenvalue weighted by Gasteiger charge is -2.32. The summed E-state index contributed by atoms with van der Waals surface area (Å²) in [6.07, 6.45) is 0.968. The van der Waals surface area contributed by atoms with Crippen molar-refractivity contribution >= 4 is 5.69 Å². The predicted molar refractivity (Wildman–Crippen MR) is 167 cm³/mol. The van der Waals surface area contributed by atoms with E-state index in [-0.39, 0.29) is 16.2 Å². The van der Waals surface area contributed by atoms with Crippen LogP contribution in [0.2, 0.25) is 0 Å². The molecule has 0 saturated carbocycles. The zero-order valence-corrected chi connectivity index (χ0v) is 25.1. The Labute approximate surface area is 235 Å². The fourth-order valence-electron chi connectivity index (χ4n) is 5.77. The van der Waals surface area contributed by atoms with Crippen molar-refractivity contribution in [2.75, 3.05) is 5.73 Å². The molecule has 0 aliphatic heterocycles. The van der Waals surface area contributed by atoms with Crippen LogP contribution in [0.5, 0.6) is 11.5 Å². The van der Waals surface area contributed by atoms with E-state index in [0.717, 1.165) is 29.2 Å². The second-order valence-corrected chi connectivity index (χ2v) is 14.2. The molecule has 2 N–H and O–H groups in total. The SMILES string of the molecule is CC(C)(C)c1cc(N)ccc1Oc1c(C(C)(C)C)cc(-c2cccc3c2Cc2ccccc2-3)cc1C(C)(C)C. The number of anilines is 1. The number of rotatable bonds is 3. The summed E-state index contributed by atoms with van der Waals surface area (Å²) < 4.78 is 6.98. The van der Waals surface area contributed by atoms with Crippen molar-refractivity contribution in [3.05, 3.63) is 101 Å². The lowest BCUT2D eigenvalue weighted by molar-refractivity contribution is 0.418. The number of ether oxygens (including phenoxy) is 1. The Morgan fingerprint density at radius 2 is 1.15 bits per heavy atom. The van der Waals surface area contributed by atoms with Crippen LogP contribution >= 0.6 is 0 Å². The highest BCUT2D eigenvalue weighted by Gasteiger charge is 2.31. The molecule has 202 valence electrons. The van der Waals surface area contributed by atoms with Gasteiger partial charge in [0.05, 0.1) is 0 Å². The van der Waals surface area contributed by atoms with E-state index in [2.05, 4.69) is 123 Å². The van der Waals surface area contributed by atoms with E-state index < -0.39 is 0 Å². The summed E-state index contributed by atoms with van der Waals surface area (Å²) >= 11 is 0. The third-order valence-electron chi connectivity index (χ3n) is 7.89. The first-order chi connectivity index (χ1) is 18.1. The van der Waals surface area contributed by atoms with Gasteiger partial charge in [-0.3, -0.25) is 0 Å². The molecule has 5 rings (SSSR count). The Morgan fingerprint density at radius 3 is 1.77 bits per heavy atom. The van der Waals surface area contributed by atoms with Crippen LogP contribution in [-0.2, 0) is 22.7 Å². The highest BCUT2D eigenvalue weighted by atomic mass is 16.5. The molecule has 0 spiro atoms. The molecule has 0 atom stereocenters. The van der Waals surface area contributed by atoms with Crippen LogP contribution in [0.15, 0.2) is 72.8 Å². The molecule has 2 heteroatoms. The highest BCUT2D eigenvalue weighted by molar-refractivity contribution is 5.85. The molecule has 0 aromatic heterocycles. The Balaban J connectivity index is 1.74. The number of hydrogen-bond acceptors (Lipinski definition) is 2. The number of benzene rings is 4. The Morgan fingerprint density at radius 1 is 0.590 bits per heavy atom. The molecule has 1 aliphatic carbocycles. The second-order valence-electron chi connectivity index (χ2n) is 14.2. The van der Waals surface area contributed by atoms with Crippen molar-refractivity contribution in [2.24, 2.45) is 0 Å². The standard InChI is InChI=1S/C37H43NO/c1-35(2,3)30-22-25(38)17-18-33(30)39-34-31(36(4,5)6)20-24(21-32(34)37(7,8)9)27-15-12-16-28-26-14-11-10-13-23(26)19-29(27)28/h10-18,20-22H,19,38H2,1-9H3. The average Bonchev–Trinajstić information content (AvgIpc) is 3.22. The van der Waals surface area contributed by atoms with Gasteiger partial charge in [-0.2, -0.15) is 0 Å². The van der Waals surface area contributed by atoms with Gasteiger partial charge < -0.3 is 10.5 Å². The molecule has 1 aliphatic rings. The maximum absolute atomic E-state index is 6.98. The van der Waals surface area contributed by atoms with E-state index in [1.54, 1.807) is 0 Å². The predicted octanol–water partition coefficient (Wildman–Crippen LogP) is 10.2. The van der Waals surface area contributed by atoms with Crippen molar-refractivity contribution in [3.8, 4) is 33.8 Å². The summed E-state index contributed by atoms with van der Waals surface area (Å²) in [6, 6.07) is 26.3. The van der Waals surface area contributed by atoms with Crippen LogP contribution in [0, 0.1) is 0 Å². The van der Waals surface area contributed by atoms with E-state index in [9.17, 15) is 0 Å².